The van der Waals surface area contributed by atoms with E-state index >= 15 is 0 Å². The summed E-state index contributed by atoms with van der Waals surface area (Å²) in [5.41, 5.74) is 0.489. The summed E-state index contributed by atoms with van der Waals surface area (Å²) in [5.74, 6) is 0. The molecule has 2 saturated carbocycles. The Labute approximate surface area is 117 Å². The lowest BCUT2D eigenvalue weighted by atomic mass is 9.79. The van der Waals surface area contributed by atoms with Crippen LogP contribution in [-0.4, -0.2) is 48.3 Å². The number of hydrogen-bond donors (Lipinski definition) is 2. The normalized spacial score (nSPS) is 32.4. The second-order valence-electron chi connectivity index (χ2n) is 7.25. The number of nitrogens with one attached hydrogen (secondary N) is 1. The molecule has 1 unspecified atom stereocenters. The molecule has 0 aromatic heterocycles. The molecule has 1 atom stereocenters. The van der Waals surface area contributed by atoms with E-state index in [0.29, 0.717) is 5.41 Å². The molecule has 3 rings (SSSR count). The van der Waals surface area contributed by atoms with Crippen molar-refractivity contribution in [2.24, 2.45) is 5.41 Å². The van der Waals surface area contributed by atoms with E-state index in [2.05, 4.69) is 10.2 Å². The van der Waals surface area contributed by atoms with E-state index in [1.807, 2.05) is 0 Å². The molecule has 110 valence electrons. The van der Waals surface area contributed by atoms with Gasteiger partial charge < -0.3 is 15.3 Å². The fourth-order valence-corrected chi connectivity index (χ4v) is 3.95. The van der Waals surface area contributed by atoms with Gasteiger partial charge in [-0.3, -0.25) is 0 Å². The number of β-amino-alcohol motifs (C(OH)–C–C–N with tert-alkyl or cyclic N) is 1. The van der Waals surface area contributed by atoms with Crippen molar-refractivity contribution in [1.82, 2.24) is 10.2 Å². The summed E-state index contributed by atoms with van der Waals surface area (Å²) in [5, 5.41) is 13.5. The van der Waals surface area contributed by atoms with Crippen LogP contribution in [-0.2, 0) is 0 Å². The quantitative estimate of drug-likeness (QED) is 0.749. The summed E-state index contributed by atoms with van der Waals surface area (Å²) in [4.78, 5) is 2.52. The Morgan fingerprint density at radius 1 is 1.05 bits per heavy atom. The van der Waals surface area contributed by atoms with Gasteiger partial charge in [0.15, 0.2) is 0 Å². The summed E-state index contributed by atoms with van der Waals surface area (Å²) in [6, 6.07) is 0.823. The van der Waals surface area contributed by atoms with Crippen molar-refractivity contribution in [2.75, 3.05) is 26.2 Å². The molecule has 0 spiro atoms. The van der Waals surface area contributed by atoms with Crippen LogP contribution in [0.4, 0.5) is 0 Å². The maximum Gasteiger partial charge on any atom is 0.0679 e. The monoisotopic (exact) mass is 266 g/mol. The fourth-order valence-electron chi connectivity index (χ4n) is 3.95. The molecule has 1 aliphatic heterocycles. The SMILES string of the molecule is OC1CCN(CC2(CNC3CC3)CCCCCC2)C1. The Morgan fingerprint density at radius 2 is 1.79 bits per heavy atom. The maximum atomic E-state index is 9.74. The van der Waals surface area contributed by atoms with Gasteiger partial charge in [-0.2, -0.15) is 0 Å². The van der Waals surface area contributed by atoms with Gasteiger partial charge in [-0.25, -0.2) is 0 Å². The average Bonchev–Trinajstić information content (AvgIpc) is 3.16. The van der Waals surface area contributed by atoms with Gasteiger partial charge in [-0.1, -0.05) is 25.7 Å². The van der Waals surface area contributed by atoms with Crippen molar-refractivity contribution in [3.8, 4) is 0 Å². The molecular weight excluding hydrogens is 236 g/mol. The van der Waals surface area contributed by atoms with Crippen molar-refractivity contribution >= 4 is 0 Å². The van der Waals surface area contributed by atoms with Gasteiger partial charge in [0, 0.05) is 32.2 Å². The smallest absolute Gasteiger partial charge is 0.0679 e. The van der Waals surface area contributed by atoms with E-state index in [0.717, 1.165) is 25.6 Å². The first kappa shape index (κ1) is 13.8. The number of nitrogens with zero attached hydrogens (tertiary/aromatic N) is 1. The standard InChI is InChI=1S/C16H30N2O/c19-15-7-10-18(11-15)13-16(12-17-14-5-6-14)8-3-1-2-4-9-16/h14-15,17,19H,1-13H2. The van der Waals surface area contributed by atoms with Gasteiger partial charge in [-0.15, -0.1) is 0 Å². The van der Waals surface area contributed by atoms with Crippen LogP contribution in [0, 0.1) is 5.41 Å². The van der Waals surface area contributed by atoms with Crippen LogP contribution < -0.4 is 5.32 Å². The van der Waals surface area contributed by atoms with E-state index in [4.69, 9.17) is 0 Å². The summed E-state index contributed by atoms with van der Waals surface area (Å²) in [6.07, 6.45) is 12.1. The first-order valence-corrected chi connectivity index (χ1v) is 8.40. The van der Waals surface area contributed by atoms with Gasteiger partial charge in [0.2, 0.25) is 0 Å². The molecule has 3 nitrogen and oxygen atoms in total. The molecule has 1 heterocycles. The van der Waals surface area contributed by atoms with Crippen molar-refractivity contribution in [3.05, 3.63) is 0 Å². The zero-order valence-corrected chi connectivity index (χ0v) is 12.2. The van der Waals surface area contributed by atoms with E-state index in [1.54, 1.807) is 0 Å². The lowest BCUT2D eigenvalue weighted by Crippen LogP contribution is -2.44. The number of rotatable bonds is 5. The second kappa shape index (κ2) is 6.11. The van der Waals surface area contributed by atoms with Crippen molar-refractivity contribution in [3.63, 3.8) is 0 Å². The number of likely N-dealkylation sites (tertiary alicyclic amines) is 1. The van der Waals surface area contributed by atoms with Crippen LogP contribution in [0.25, 0.3) is 0 Å². The molecule has 2 N–H and O–H groups in total. The predicted molar refractivity (Wildman–Crippen MR) is 78.2 cm³/mol. The summed E-state index contributed by atoms with van der Waals surface area (Å²) in [6.45, 7) is 4.44. The lowest BCUT2D eigenvalue weighted by Gasteiger charge is -2.37. The molecule has 0 aromatic carbocycles. The third-order valence-corrected chi connectivity index (χ3v) is 5.31. The Morgan fingerprint density at radius 3 is 2.37 bits per heavy atom. The summed E-state index contributed by atoms with van der Waals surface area (Å²) >= 11 is 0. The van der Waals surface area contributed by atoms with E-state index < -0.39 is 0 Å². The highest BCUT2D eigenvalue weighted by atomic mass is 16.3. The third-order valence-electron chi connectivity index (χ3n) is 5.31. The largest absolute Gasteiger partial charge is 0.392 e. The van der Waals surface area contributed by atoms with Crippen LogP contribution in [0.15, 0.2) is 0 Å². The zero-order chi connectivity index (χ0) is 13.1. The molecule has 0 radical (unpaired) electrons. The van der Waals surface area contributed by atoms with E-state index in [9.17, 15) is 5.11 Å². The zero-order valence-electron chi connectivity index (χ0n) is 12.2. The highest BCUT2D eigenvalue weighted by Crippen LogP contribution is 2.37. The molecule has 0 aromatic rings. The van der Waals surface area contributed by atoms with Crippen LogP contribution in [0.2, 0.25) is 0 Å². The number of aliphatic hydroxyl groups excluding tert-OH is 1. The minimum atomic E-state index is -0.0702. The molecule has 2 aliphatic carbocycles. The Bertz CT molecular complexity index is 282. The fraction of sp³-hybridized carbons (Fsp3) is 1.00. The molecule has 19 heavy (non-hydrogen) atoms. The Balaban J connectivity index is 1.59. The van der Waals surface area contributed by atoms with Gasteiger partial charge in [0.05, 0.1) is 6.10 Å². The van der Waals surface area contributed by atoms with Crippen LogP contribution >= 0.6 is 0 Å². The molecule has 0 bridgehead atoms. The second-order valence-corrected chi connectivity index (χ2v) is 7.25. The molecule has 3 fully saturated rings. The first-order chi connectivity index (χ1) is 9.26. The highest BCUT2D eigenvalue weighted by Gasteiger charge is 2.36. The maximum absolute atomic E-state index is 9.74. The van der Waals surface area contributed by atoms with Crippen molar-refractivity contribution in [2.45, 2.75) is 69.9 Å². The topological polar surface area (TPSA) is 35.5 Å². The molecule has 3 aliphatic rings. The summed E-state index contributed by atoms with van der Waals surface area (Å²) < 4.78 is 0. The Kier molecular flexibility index (Phi) is 4.45. The Hall–Kier alpha value is -0.120. The van der Waals surface area contributed by atoms with Gasteiger partial charge >= 0.3 is 0 Å². The highest BCUT2D eigenvalue weighted by molar-refractivity contribution is 4.92. The predicted octanol–water partition coefficient (Wildman–Crippen LogP) is 2.15. The van der Waals surface area contributed by atoms with Gasteiger partial charge in [-0.05, 0) is 37.5 Å². The van der Waals surface area contributed by atoms with E-state index in [1.165, 1.54) is 64.5 Å². The van der Waals surface area contributed by atoms with Crippen molar-refractivity contribution in [1.29, 1.82) is 0 Å². The van der Waals surface area contributed by atoms with Gasteiger partial charge in [0.1, 0.15) is 0 Å². The molecular formula is C16H30N2O. The molecule has 1 saturated heterocycles. The number of aliphatic hydroxyl groups is 1. The minimum Gasteiger partial charge on any atom is -0.392 e. The lowest BCUT2D eigenvalue weighted by molar-refractivity contribution is 0.124. The molecule has 3 heteroatoms. The van der Waals surface area contributed by atoms with Gasteiger partial charge in [0.25, 0.3) is 0 Å². The van der Waals surface area contributed by atoms with Crippen molar-refractivity contribution < 1.29 is 5.11 Å². The first-order valence-electron chi connectivity index (χ1n) is 8.40. The molecule has 0 amide bonds. The number of hydrogen-bond acceptors (Lipinski definition) is 3. The third kappa shape index (κ3) is 3.93. The summed E-state index contributed by atoms with van der Waals surface area (Å²) in [7, 11) is 0. The average molecular weight is 266 g/mol. The van der Waals surface area contributed by atoms with E-state index in [-0.39, 0.29) is 6.10 Å². The van der Waals surface area contributed by atoms with Crippen LogP contribution in [0.5, 0.6) is 0 Å². The minimum absolute atomic E-state index is 0.0702. The van der Waals surface area contributed by atoms with Crippen LogP contribution in [0.3, 0.4) is 0 Å². The van der Waals surface area contributed by atoms with Crippen LogP contribution in [0.1, 0.15) is 57.8 Å².